The maximum absolute atomic E-state index is 12.1. The number of aromatic nitrogens is 2. The zero-order chi connectivity index (χ0) is 17.3. The predicted molar refractivity (Wildman–Crippen MR) is 103 cm³/mol. The molecule has 1 aromatic carbocycles. The second kappa shape index (κ2) is 7.46. The Hall–Kier alpha value is -1.04. The van der Waals surface area contributed by atoms with Crippen molar-refractivity contribution in [2.45, 2.75) is 6.92 Å². The molecule has 0 radical (unpaired) electrons. The van der Waals surface area contributed by atoms with Gasteiger partial charge in [-0.25, -0.2) is 0 Å². The first-order valence-electron chi connectivity index (χ1n) is 7.07. The molecule has 0 fully saturated rings. The summed E-state index contributed by atoms with van der Waals surface area (Å²) in [4.78, 5) is 12.1. The molecular weight excluding hydrogens is 482 g/mol. The minimum atomic E-state index is -0.494. The first-order chi connectivity index (χ1) is 11.5. The second-order valence-corrected chi connectivity index (χ2v) is 10.9. The monoisotopic (exact) mass is 494 g/mol. The Morgan fingerprint density at radius 2 is 2.12 bits per heavy atom. The molecule has 2 heterocycles. The van der Waals surface area contributed by atoms with E-state index < -0.39 is 20.9 Å². The van der Waals surface area contributed by atoms with Gasteiger partial charge in [0, 0.05) is 0 Å². The molecule has 126 valence electrons. The van der Waals surface area contributed by atoms with Crippen LogP contribution in [0.2, 0.25) is 10.0 Å². The first kappa shape index (κ1) is 17.8. The molecule has 0 spiro atoms. The summed E-state index contributed by atoms with van der Waals surface area (Å²) in [6, 6.07) is 6.93. The van der Waals surface area contributed by atoms with E-state index in [9.17, 15) is 4.79 Å². The Labute approximate surface area is 163 Å². The maximum atomic E-state index is 12.1. The van der Waals surface area contributed by atoms with Crippen LogP contribution in [0.15, 0.2) is 39.8 Å². The predicted octanol–water partition coefficient (Wildman–Crippen LogP) is 4.12. The third-order valence-corrected chi connectivity index (χ3v) is 7.39. The van der Waals surface area contributed by atoms with Crippen molar-refractivity contribution in [2.75, 3.05) is 6.61 Å². The van der Waals surface area contributed by atoms with Crippen LogP contribution < -0.4 is 0 Å². The second-order valence-electron chi connectivity index (χ2n) is 4.86. The molecule has 0 saturated heterocycles. The summed E-state index contributed by atoms with van der Waals surface area (Å²) < 4.78 is 9.08. The summed E-state index contributed by atoms with van der Waals surface area (Å²) in [6.07, 6.45) is 4.07. The van der Waals surface area contributed by atoms with Crippen LogP contribution in [0.5, 0.6) is 0 Å². The quantitative estimate of drug-likeness (QED) is 0.474. The Bertz CT molecular complexity index is 877. The number of carbonyl (C=O) groups excluding carboxylic acids is 1. The molecule has 0 bridgehead atoms. The number of allylic oxidation sites excluding steroid dienone is 2. The molecule has 0 N–H and O–H groups in total. The van der Waals surface area contributed by atoms with Crippen LogP contribution in [0.4, 0.5) is 0 Å². The zero-order valence-electron chi connectivity index (χ0n) is 12.5. The third-order valence-electron chi connectivity index (χ3n) is 3.26. The van der Waals surface area contributed by atoms with E-state index in [0.717, 1.165) is 10.2 Å². The third kappa shape index (κ3) is 3.63. The summed E-state index contributed by atoms with van der Waals surface area (Å²) in [5.74, 6) is -0.451. The van der Waals surface area contributed by atoms with Gasteiger partial charge >= 0.3 is 164 Å². The Balaban J connectivity index is 2.11. The van der Waals surface area contributed by atoms with E-state index in [-0.39, 0.29) is 5.69 Å². The van der Waals surface area contributed by atoms with Crippen molar-refractivity contribution in [2.24, 2.45) is 0 Å². The van der Waals surface area contributed by atoms with Crippen LogP contribution in [0.1, 0.15) is 23.1 Å². The summed E-state index contributed by atoms with van der Waals surface area (Å²) in [5.41, 5.74) is 1.77. The van der Waals surface area contributed by atoms with Gasteiger partial charge in [0.2, 0.25) is 0 Å². The summed E-state index contributed by atoms with van der Waals surface area (Å²) in [5, 5.41) is 5.42. The summed E-state index contributed by atoms with van der Waals surface area (Å²) in [6.45, 7) is 2.06. The Morgan fingerprint density at radius 1 is 1.33 bits per heavy atom. The standard InChI is InChI=1S/C16H13BrCl2N2O2Se/c1-2-23-16(22)11-8-13(14-5-6-15(17)24-14)21(20-11)12-4-3-9(18)7-10(12)19/h3-8H,2,24H2,1H3. The van der Waals surface area contributed by atoms with Gasteiger partial charge in [0.25, 0.3) is 0 Å². The average Bonchev–Trinajstić information content (AvgIpc) is 3.14. The van der Waals surface area contributed by atoms with E-state index in [1.165, 1.54) is 3.38 Å². The average molecular weight is 495 g/mol. The SMILES string of the molecule is CCOC(=O)c1cc(C2=CC=C(Br)[SeH2]2)n(-c2ccc(Cl)cc2Cl)n1. The molecule has 3 rings (SSSR count). The number of rotatable bonds is 4. The van der Waals surface area contributed by atoms with Crippen LogP contribution in [0.25, 0.3) is 10.2 Å². The molecule has 8 heteroatoms. The zero-order valence-corrected chi connectivity index (χ0v) is 17.7. The number of hydrogen-bond acceptors (Lipinski definition) is 3. The van der Waals surface area contributed by atoms with Gasteiger partial charge in [0.05, 0.1) is 0 Å². The van der Waals surface area contributed by atoms with E-state index in [1.807, 2.05) is 12.2 Å². The van der Waals surface area contributed by atoms with Gasteiger partial charge in [0.1, 0.15) is 0 Å². The number of halogens is 3. The van der Waals surface area contributed by atoms with Crippen molar-refractivity contribution < 1.29 is 9.53 Å². The van der Waals surface area contributed by atoms with E-state index in [2.05, 4.69) is 21.0 Å². The minimum absolute atomic E-state index is 0.258. The number of carbonyl (C=O) groups is 1. The molecule has 0 atom stereocenters. The van der Waals surface area contributed by atoms with Gasteiger partial charge in [-0.05, 0) is 0 Å². The summed E-state index contributed by atoms with van der Waals surface area (Å²) >= 11 is 15.4. The topological polar surface area (TPSA) is 44.1 Å². The van der Waals surface area contributed by atoms with E-state index in [4.69, 9.17) is 27.9 Å². The molecule has 1 aliphatic rings. The van der Waals surface area contributed by atoms with Crippen molar-refractivity contribution in [1.82, 2.24) is 9.78 Å². The van der Waals surface area contributed by atoms with Crippen LogP contribution in [-0.2, 0) is 4.74 Å². The van der Waals surface area contributed by atoms with Crippen LogP contribution in [0.3, 0.4) is 0 Å². The van der Waals surface area contributed by atoms with E-state index in [0.29, 0.717) is 22.3 Å². The van der Waals surface area contributed by atoms with Crippen molar-refractivity contribution in [3.8, 4) is 5.69 Å². The van der Waals surface area contributed by atoms with Gasteiger partial charge in [-0.2, -0.15) is 0 Å². The van der Waals surface area contributed by atoms with Crippen LogP contribution in [-0.4, -0.2) is 37.3 Å². The molecule has 0 saturated carbocycles. The molecule has 0 amide bonds. The fourth-order valence-corrected chi connectivity index (χ4v) is 5.84. The van der Waals surface area contributed by atoms with Gasteiger partial charge in [-0.15, -0.1) is 0 Å². The van der Waals surface area contributed by atoms with E-state index >= 15 is 0 Å². The van der Waals surface area contributed by atoms with Gasteiger partial charge < -0.3 is 0 Å². The van der Waals surface area contributed by atoms with Crippen molar-refractivity contribution in [3.63, 3.8) is 0 Å². The molecule has 0 aliphatic carbocycles. The van der Waals surface area contributed by atoms with Crippen LogP contribution >= 0.6 is 39.1 Å². The van der Waals surface area contributed by atoms with Crippen LogP contribution in [0, 0.1) is 0 Å². The molecule has 2 aromatic rings. The summed E-state index contributed by atoms with van der Waals surface area (Å²) in [7, 11) is 0. The number of hydrogen-bond donors (Lipinski definition) is 0. The number of benzene rings is 1. The van der Waals surface area contributed by atoms with Gasteiger partial charge in [-0.3, -0.25) is 0 Å². The van der Waals surface area contributed by atoms with Crippen molar-refractivity contribution >= 4 is 64.5 Å². The molecule has 1 aromatic heterocycles. The normalized spacial score (nSPS) is 15.3. The Morgan fingerprint density at radius 3 is 2.75 bits per heavy atom. The fourth-order valence-electron chi connectivity index (χ4n) is 2.23. The first-order valence-corrected chi connectivity index (χ1v) is 10.7. The fraction of sp³-hybridized carbons (Fsp3) is 0.125. The van der Waals surface area contributed by atoms with E-state index in [1.54, 1.807) is 35.9 Å². The molecule has 24 heavy (non-hydrogen) atoms. The van der Waals surface area contributed by atoms with Gasteiger partial charge in [-0.1, -0.05) is 0 Å². The molecule has 0 unspecified atom stereocenters. The Kier molecular flexibility index (Phi) is 5.52. The van der Waals surface area contributed by atoms with Crippen molar-refractivity contribution in [1.29, 1.82) is 0 Å². The number of nitrogens with zero attached hydrogens (tertiary/aromatic N) is 2. The molecule has 1 aliphatic heterocycles. The molecular formula is C16H13BrCl2N2O2Se. The van der Waals surface area contributed by atoms with Crippen molar-refractivity contribution in [3.05, 3.63) is 61.2 Å². The molecule has 4 nitrogen and oxygen atoms in total. The van der Waals surface area contributed by atoms with Gasteiger partial charge in [0.15, 0.2) is 0 Å². The number of ether oxygens (including phenoxy) is 1. The number of esters is 1.